The van der Waals surface area contributed by atoms with Crippen molar-refractivity contribution in [3.8, 4) is 11.5 Å². The first kappa shape index (κ1) is 14.8. The standard InChI is InChI=1S/C15H15BrFNO2/c1-19-13-4-2-10(14(17)7-13)9-20-15-5-3-12(16)6-11(15)8-18/h2-7H,8-9,18H2,1H3. The van der Waals surface area contributed by atoms with Gasteiger partial charge in [0.25, 0.3) is 0 Å². The molecule has 0 aliphatic carbocycles. The Morgan fingerprint density at radius 3 is 2.60 bits per heavy atom. The fourth-order valence-corrected chi connectivity index (χ4v) is 2.18. The molecule has 5 heteroatoms. The predicted octanol–water partition coefficient (Wildman–Crippen LogP) is 3.63. The lowest BCUT2D eigenvalue weighted by Gasteiger charge is -2.12. The molecule has 0 radical (unpaired) electrons. The maximum atomic E-state index is 13.8. The van der Waals surface area contributed by atoms with Gasteiger partial charge in [0.2, 0.25) is 0 Å². The minimum Gasteiger partial charge on any atom is -0.497 e. The highest BCUT2D eigenvalue weighted by Crippen LogP contribution is 2.24. The number of rotatable bonds is 5. The summed E-state index contributed by atoms with van der Waals surface area (Å²) in [5, 5.41) is 0. The van der Waals surface area contributed by atoms with E-state index in [-0.39, 0.29) is 12.4 Å². The molecule has 2 N–H and O–H groups in total. The van der Waals surface area contributed by atoms with Crippen molar-refractivity contribution in [2.24, 2.45) is 5.73 Å². The van der Waals surface area contributed by atoms with E-state index >= 15 is 0 Å². The molecule has 20 heavy (non-hydrogen) atoms. The van der Waals surface area contributed by atoms with Crippen LogP contribution in [0.5, 0.6) is 11.5 Å². The van der Waals surface area contributed by atoms with Gasteiger partial charge in [-0.2, -0.15) is 0 Å². The molecule has 2 aromatic rings. The van der Waals surface area contributed by atoms with Crippen LogP contribution in [0, 0.1) is 5.82 Å². The first-order valence-corrected chi connectivity index (χ1v) is 6.87. The lowest BCUT2D eigenvalue weighted by Crippen LogP contribution is -2.04. The summed E-state index contributed by atoms with van der Waals surface area (Å²) in [6.45, 7) is 0.504. The Labute approximate surface area is 125 Å². The topological polar surface area (TPSA) is 44.5 Å². The van der Waals surface area contributed by atoms with E-state index in [9.17, 15) is 4.39 Å². The monoisotopic (exact) mass is 339 g/mol. The highest BCUT2D eigenvalue weighted by atomic mass is 79.9. The fraction of sp³-hybridized carbons (Fsp3) is 0.200. The normalized spacial score (nSPS) is 10.4. The van der Waals surface area contributed by atoms with Crippen LogP contribution in [0.3, 0.4) is 0 Å². The van der Waals surface area contributed by atoms with Gasteiger partial charge in [0.1, 0.15) is 23.9 Å². The van der Waals surface area contributed by atoms with Crippen molar-refractivity contribution >= 4 is 15.9 Å². The molecular formula is C15H15BrFNO2. The average Bonchev–Trinajstić information content (AvgIpc) is 2.46. The van der Waals surface area contributed by atoms with Crippen LogP contribution in [0.15, 0.2) is 40.9 Å². The van der Waals surface area contributed by atoms with Gasteiger partial charge in [-0.1, -0.05) is 15.9 Å². The van der Waals surface area contributed by atoms with Crippen LogP contribution in [-0.2, 0) is 13.2 Å². The second-order valence-corrected chi connectivity index (χ2v) is 5.12. The Morgan fingerprint density at radius 1 is 1.15 bits per heavy atom. The molecule has 106 valence electrons. The van der Waals surface area contributed by atoms with Crippen molar-refractivity contribution in [2.45, 2.75) is 13.2 Å². The summed E-state index contributed by atoms with van der Waals surface area (Å²) >= 11 is 3.38. The number of halogens is 2. The molecular weight excluding hydrogens is 325 g/mol. The Morgan fingerprint density at radius 2 is 1.95 bits per heavy atom. The summed E-state index contributed by atoms with van der Waals surface area (Å²) in [4.78, 5) is 0. The molecule has 3 nitrogen and oxygen atoms in total. The largest absolute Gasteiger partial charge is 0.497 e. The Balaban J connectivity index is 2.12. The van der Waals surface area contributed by atoms with Crippen molar-refractivity contribution in [3.05, 3.63) is 57.8 Å². The van der Waals surface area contributed by atoms with E-state index < -0.39 is 0 Å². The highest BCUT2D eigenvalue weighted by molar-refractivity contribution is 9.10. The number of hydrogen-bond acceptors (Lipinski definition) is 3. The van der Waals surface area contributed by atoms with Crippen LogP contribution in [0.25, 0.3) is 0 Å². The SMILES string of the molecule is COc1ccc(COc2ccc(Br)cc2CN)c(F)c1. The molecule has 0 heterocycles. The Bertz CT molecular complexity index is 604. The van der Waals surface area contributed by atoms with Gasteiger partial charge in [-0.25, -0.2) is 4.39 Å². The summed E-state index contributed by atoms with van der Waals surface area (Å²) in [7, 11) is 1.50. The number of benzene rings is 2. The van der Waals surface area contributed by atoms with Gasteiger partial charge in [0.05, 0.1) is 7.11 Å². The van der Waals surface area contributed by atoms with E-state index in [0.717, 1.165) is 10.0 Å². The Hall–Kier alpha value is -1.59. The van der Waals surface area contributed by atoms with Crippen LogP contribution in [0.2, 0.25) is 0 Å². The third kappa shape index (κ3) is 3.49. The van der Waals surface area contributed by atoms with E-state index in [2.05, 4.69) is 15.9 Å². The minimum atomic E-state index is -0.351. The van der Waals surface area contributed by atoms with E-state index in [1.54, 1.807) is 12.1 Å². The van der Waals surface area contributed by atoms with E-state index in [0.29, 0.717) is 23.6 Å². The summed E-state index contributed by atoms with van der Waals surface area (Å²) in [6, 6.07) is 10.2. The van der Waals surface area contributed by atoms with Gasteiger partial charge in [0, 0.05) is 28.2 Å². The second kappa shape index (κ2) is 6.72. The van der Waals surface area contributed by atoms with Crippen molar-refractivity contribution in [2.75, 3.05) is 7.11 Å². The van der Waals surface area contributed by atoms with Gasteiger partial charge in [-0.05, 0) is 30.3 Å². The van der Waals surface area contributed by atoms with Crippen LogP contribution in [-0.4, -0.2) is 7.11 Å². The summed E-state index contributed by atoms with van der Waals surface area (Å²) < 4.78 is 25.3. The number of ether oxygens (including phenoxy) is 2. The molecule has 0 atom stereocenters. The zero-order valence-corrected chi connectivity index (χ0v) is 12.6. The molecule has 0 unspecified atom stereocenters. The summed E-state index contributed by atoms with van der Waals surface area (Å²) in [5.41, 5.74) is 7.00. The molecule has 2 aromatic carbocycles. The third-order valence-corrected chi connectivity index (χ3v) is 3.38. The number of hydrogen-bond donors (Lipinski definition) is 1. The first-order chi connectivity index (χ1) is 9.63. The average molecular weight is 340 g/mol. The van der Waals surface area contributed by atoms with Crippen LogP contribution >= 0.6 is 15.9 Å². The molecule has 0 bridgehead atoms. The van der Waals surface area contributed by atoms with E-state index in [4.69, 9.17) is 15.2 Å². The zero-order chi connectivity index (χ0) is 14.5. The Kier molecular flexibility index (Phi) is 4.98. The molecule has 0 spiro atoms. The van der Waals surface area contributed by atoms with Crippen molar-refractivity contribution in [1.82, 2.24) is 0 Å². The third-order valence-electron chi connectivity index (χ3n) is 2.89. The summed E-state index contributed by atoms with van der Waals surface area (Å²) in [5.74, 6) is 0.791. The molecule has 0 saturated heterocycles. The van der Waals surface area contributed by atoms with Crippen molar-refractivity contribution in [3.63, 3.8) is 0 Å². The molecule has 0 aromatic heterocycles. The maximum absolute atomic E-state index is 13.8. The lowest BCUT2D eigenvalue weighted by molar-refractivity contribution is 0.296. The highest BCUT2D eigenvalue weighted by Gasteiger charge is 2.07. The van der Waals surface area contributed by atoms with Gasteiger partial charge in [-0.15, -0.1) is 0 Å². The zero-order valence-electron chi connectivity index (χ0n) is 11.0. The quantitative estimate of drug-likeness (QED) is 0.904. The first-order valence-electron chi connectivity index (χ1n) is 6.07. The van der Waals surface area contributed by atoms with Crippen LogP contribution in [0.4, 0.5) is 4.39 Å². The van der Waals surface area contributed by atoms with Gasteiger partial charge >= 0.3 is 0 Å². The molecule has 0 aliphatic rings. The molecule has 0 amide bonds. The lowest BCUT2D eigenvalue weighted by atomic mass is 10.2. The fourth-order valence-electron chi connectivity index (χ4n) is 1.78. The van der Waals surface area contributed by atoms with Crippen molar-refractivity contribution < 1.29 is 13.9 Å². The van der Waals surface area contributed by atoms with Crippen LogP contribution in [0.1, 0.15) is 11.1 Å². The summed E-state index contributed by atoms with van der Waals surface area (Å²) in [6.07, 6.45) is 0. The molecule has 0 fully saturated rings. The maximum Gasteiger partial charge on any atom is 0.133 e. The molecule has 0 saturated carbocycles. The van der Waals surface area contributed by atoms with Gasteiger partial charge in [0.15, 0.2) is 0 Å². The van der Waals surface area contributed by atoms with Crippen LogP contribution < -0.4 is 15.2 Å². The van der Waals surface area contributed by atoms with E-state index in [1.807, 2.05) is 18.2 Å². The van der Waals surface area contributed by atoms with E-state index in [1.165, 1.54) is 13.2 Å². The van der Waals surface area contributed by atoms with Gasteiger partial charge < -0.3 is 15.2 Å². The second-order valence-electron chi connectivity index (χ2n) is 4.20. The van der Waals surface area contributed by atoms with Crippen molar-refractivity contribution in [1.29, 1.82) is 0 Å². The molecule has 0 aliphatic heterocycles. The molecule has 2 rings (SSSR count). The minimum absolute atomic E-state index is 0.143. The number of nitrogens with two attached hydrogens (primary N) is 1. The predicted molar refractivity (Wildman–Crippen MR) is 79.3 cm³/mol. The van der Waals surface area contributed by atoms with Gasteiger partial charge in [-0.3, -0.25) is 0 Å². The number of methoxy groups -OCH3 is 1. The smallest absolute Gasteiger partial charge is 0.133 e.